The second-order valence-electron chi connectivity index (χ2n) is 13.4. The van der Waals surface area contributed by atoms with E-state index in [0.717, 1.165) is 39.2 Å². The van der Waals surface area contributed by atoms with Crippen LogP contribution >= 0.6 is 0 Å². The Morgan fingerprint density at radius 1 is 0.321 bits per heavy atom. The molecule has 53 heavy (non-hydrogen) atoms. The minimum absolute atomic E-state index is 0.714. The maximum Gasteiger partial charge on any atom is 0.160 e. The number of rotatable bonds is 6. The largest absolute Gasteiger partial charge is 0.309 e. The van der Waals surface area contributed by atoms with Crippen LogP contribution in [0.5, 0.6) is 0 Å². The van der Waals surface area contributed by atoms with E-state index in [1.807, 2.05) is 24.3 Å². The van der Waals surface area contributed by atoms with Gasteiger partial charge in [-0.25, -0.2) is 9.97 Å². The molecule has 0 N–H and O–H groups in total. The van der Waals surface area contributed by atoms with Crippen LogP contribution in [-0.4, -0.2) is 14.5 Å². The Morgan fingerprint density at radius 3 is 1.60 bits per heavy atom. The Kier molecular flexibility index (Phi) is 7.47. The second kappa shape index (κ2) is 12.9. The van der Waals surface area contributed by atoms with Gasteiger partial charge in [-0.1, -0.05) is 164 Å². The maximum atomic E-state index is 5.17. The fraction of sp³-hybridized carbons (Fsp3) is 0. The average Bonchev–Trinajstić information content (AvgIpc) is 3.59. The van der Waals surface area contributed by atoms with Gasteiger partial charge in [0.05, 0.1) is 22.4 Å². The molecule has 2 aromatic heterocycles. The van der Waals surface area contributed by atoms with Gasteiger partial charge in [-0.2, -0.15) is 0 Å². The molecule has 0 spiro atoms. The standard InChI is InChI=1S/C50H33N3/c1-4-16-34(17-5-1)45-33-46(52-50(51-45)35-18-6-2-7-19-35)43-31-30-39(41-24-10-11-25-42(41)43)36-20-14-21-37(32-36)40-27-15-29-48-49(40)44-26-12-13-28-47(44)53(48)38-22-8-3-9-23-38/h1-33H. The van der Waals surface area contributed by atoms with Crippen molar-refractivity contribution >= 4 is 32.6 Å². The predicted octanol–water partition coefficient (Wildman–Crippen LogP) is 13.1. The highest BCUT2D eigenvalue weighted by atomic mass is 15.0. The summed E-state index contributed by atoms with van der Waals surface area (Å²) in [5.41, 5.74) is 13.3. The molecule has 0 saturated heterocycles. The number of nitrogens with zero attached hydrogens (tertiary/aromatic N) is 3. The summed E-state index contributed by atoms with van der Waals surface area (Å²) in [5, 5.41) is 4.84. The molecule has 0 radical (unpaired) electrons. The number of para-hydroxylation sites is 2. The van der Waals surface area contributed by atoms with E-state index in [0.29, 0.717) is 5.82 Å². The minimum Gasteiger partial charge on any atom is -0.309 e. The number of hydrogen-bond acceptors (Lipinski definition) is 2. The molecule has 8 aromatic carbocycles. The number of aromatic nitrogens is 3. The van der Waals surface area contributed by atoms with Gasteiger partial charge in [-0.3, -0.25) is 0 Å². The summed E-state index contributed by atoms with van der Waals surface area (Å²) in [6.07, 6.45) is 0. The quantitative estimate of drug-likeness (QED) is 0.176. The van der Waals surface area contributed by atoms with Crippen LogP contribution < -0.4 is 0 Å². The van der Waals surface area contributed by atoms with E-state index in [9.17, 15) is 0 Å². The third-order valence-electron chi connectivity index (χ3n) is 10.2. The molecule has 0 saturated carbocycles. The summed E-state index contributed by atoms with van der Waals surface area (Å²) >= 11 is 0. The molecule has 0 aliphatic rings. The van der Waals surface area contributed by atoms with E-state index in [1.165, 1.54) is 49.4 Å². The molecule has 10 aromatic rings. The third-order valence-corrected chi connectivity index (χ3v) is 10.2. The Labute approximate surface area is 308 Å². The van der Waals surface area contributed by atoms with Crippen molar-refractivity contribution in [3.05, 3.63) is 200 Å². The average molecular weight is 676 g/mol. The van der Waals surface area contributed by atoms with Crippen molar-refractivity contribution < 1.29 is 0 Å². The van der Waals surface area contributed by atoms with Crippen molar-refractivity contribution in [2.45, 2.75) is 0 Å². The highest BCUT2D eigenvalue weighted by Crippen LogP contribution is 2.41. The van der Waals surface area contributed by atoms with Crippen molar-refractivity contribution in [3.63, 3.8) is 0 Å². The SMILES string of the molecule is c1ccc(-c2cc(-c3ccc(-c4cccc(-c5cccc6c5c5ccccc5n6-c5ccccc5)c4)c4ccccc34)nc(-c3ccccc3)n2)cc1. The third kappa shape index (κ3) is 5.38. The highest BCUT2D eigenvalue weighted by molar-refractivity contribution is 6.16. The van der Waals surface area contributed by atoms with Crippen molar-refractivity contribution in [1.29, 1.82) is 0 Å². The van der Waals surface area contributed by atoms with E-state index >= 15 is 0 Å². The molecular formula is C50H33N3. The zero-order chi connectivity index (χ0) is 35.1. The molecule has 0 atom stereocenters. The van der Waals surface area contributed by atoms with Crippen LogP contribution in [0.3, 0.4) is 0 Å². The Morgan fingerprint density at radius 2 is 0.849 bits per heavy atom. The van der Waals surface area contributed by atoms with Crippen LogP contribution in [0.25, 0.3) is 94.4 Å². The lowest BCUT2D eigenvalue weighted by Gasteiger charge is -2.15. The van der Waals surface area contributed by atoms with Crippen LogP contribution in [-0.2, 0) is 0 Å². The van der Waals surface area contributed by atoms with Crippen LogP contribution in [0.2, 0.25) is 0 Å². The van der Waals surface area contributed by atoms with Crippen LogP contribution in [0.4, 0.5) is 0 Å². The molecule has 0 bridgehead atoms. The van der Waals surface area contributed by atoms with Crippen molar-refractivity contribution in [2.24, 2.45) is 0 Å². The fourth-order valence-electron chi connectivity index (χ4n) is 7.80. The molecule has 10 rings (SSSR count). The Hall–Kier alpha value is -7.10. The van der Waals surface area contributed by atoms with E-state index in [-0.39, 0.29) is 0 Å². The molecular weight excluding hydrogens is 643 g/mol. The molecule has 0 unspecified atom stereocenters. The van der Waals surface area contributed by atoms with Gasteiger partial charge >= 0.3 is 0 Å². The first-order valence-electron chi connectivity index (χ1n) is 18.0. The lowest BCUT2D eigenvalue weighted by molar-refractivity contribution is 1.18. The lowest BCUT2D eigenvalue weighted by Crippen LogP contribution is -1.96. The second-order valence-corrected chi connectivity index (χ2v) is 13.4. The first-order valence-corrected chi connectivity index (χ1v) is 18.0. The molecule has 3 nitrogen and oxygen atoms in total. The number of fused-ring (bicyclic) bond motifs is 4. The molecule has 2 heterocycles. The van der Waals surface area contributed by atoms with Gasteiger partial charge in [0.25, 0.3) is 0 Å². The van der Waals surface area contributed by atoms with E-state index < -0.39 is 0 Å². The number of hydrogen-bond donors (Lipinski definition) is 0. The molecule has 0 amide bonds. The summed E-state index contributed by atoms with van der Waals surface area (Å²) in [6, 6.07) is 70.9. The normalized spacial score (nSPS) is 11.4. The molecule has 0 fully saturated rings. The first kappa shape index (κ1) is 30.7. The van der Waals surface area contributed by atoms with E-state index in [1.54, 1.807) is 0 Å². The lowest BCUT2D eigenvalue weighted by atomic mass is 9.91. The minimum atomic E-state index is 0.714. The maximum absolute atomic E-state index is 5.17. The van der Waals surface area contributed by atoms with Gasteiger partial charge in [0, 0.05) is 33.2 Å². The van der Waals surface area contributed by atoms with Gasteiger partial charge in [-0.05, 0) is 69.4 Å². The van der Waals surface area contributed by atoms with Gasteiger partial charge in [0.15, 0.2) is 5.82 Å². The fourth-order valence-corrected chi connectivity index (χ4v) is 7.80. The van der Waals surface area contributed by atoms with Crippen LogP contribution in [0, 0.1) is 0 Å². The topological polar surface area (TPSA) is 30.7 Å². The Bertz CT molecular complexity index is 2870. The van der Waals surface area contributed by atoms with Crippen molar-refractivity contribution in [2.75, 3.05) is 0 Å². The zero-order valence-electron chi connectivity index (χ0n) is 28.9. The Balaban J connectivity index is 1.13. The van der Waals surface area contributed by atoms with E-state index in [4.69, 9.17) is 9.97 Å². The summed E-state index contributed by atoms with van der Waals surface area (Å²) in [5.74, 6) is 0.714. The predicted molar refractivity (Wildman–Crippen MR) is 221 cm³/mol. The van der Waals surface area contributed by atoms with Crippen LogP contribution in [0.1, 0.15) is 0 Å². The molecule has 248 valence electrons. The highest BCUT2D eigenvalue weighted by Gasteiger charge is 2.18. The van der Waals surface area contributed by atoms with Gasteiger partial charge in [0.1, 0.15) is 0 Å². The van der Waals surface area contributed by atoms with Crippen LogP contribution in [0.15, 0.2) is 200 Å². The number of benzene rings is 8. The van der Waals surface area contributed by atoms with Gasteiger partial charge < -0.3 is 4.57 Å². The van der Waals surface area contributed by atoms with E-state index in [2.05, 4.69) is 180 Å². The zero-order valence-corrected chi connectivity index (χ0v) is 28.9. The summed E-state index contributed by atoms with van der Waals surface area (Å²) in [7, 11) is 0. The summed E-state index contributed by atoms with van der Waals surface area (Å²) in [4.78, 5) is 10.2. The molecule has 3 heteroatoms. The van der Waals surface area contributed by atoms with Crippen molar-refractivity contribution in [3.8, 4) is 61.8 Å². The van der Waals surface area contributed by atoms with Gasteiger partial charge in [-0.15, -0.1) is 0 Å². The summed E-state index contributed by atoms with van der Waals surface area (Å²) < 4.78 is 2.38. The molecule has 0 aliphatic carbocycles. The first-order chi connectivity index (χ1) is 26.3. The van der Waals surface area contributed by atoms with Gasteiger partial charge in [0.2, 0.25) is 0 Å². The van der Waals surface area contributed by atoms with Crippen molar-refractivity contribution in [1.82, 2.24) is 14.5 Å². The molecule has 0 aliphatic heterocycles. The smallest absolute Gasteiger partial charge is 0.160 e. The summed E-state index contributed by atoms with van der Waals surface area (Å²) in [6.45, 7) is 0. The monoisotopic (exact) mass is 675 g/mol.